The number of methoxy groups -OCH3 is 1. The first-order valence-electron chi connectivity index (χ1n) is 7.91. The Labute approximate surface area is 152 Å². The second kappa shape index (κ2) is 9.60. The molecule has 0 spiro atoms. The molecule has 0 saturated carbocycles. The van der Waals surface area contributed by atoms with E-state index in [2.05, 4.69) is 17.4 Å². The summed E-state index contributed by atoms with van der Waals surface area (Å²) in [6.07, 6.45) is 1.85. The zero-order valence-electron chi connectivity index (χ0n) is 13.9. The van der Waals surface area contributed by atoms with E-state index in [4.69, 9.17) is 16.3 Å². The molecule has 0 aliphatic rings. The normalized spacial score (nSPS) is 11.8. The number of nitrogens with one attached hydrogen (secondary N) is 1. The standard InChI is InChI=1S/C19H22ClNO2S/c1-14(24-18-11-7-16(20)8-12-18)19(22)21-13-3-4-15-5-9-17(23-2)10-6-15/h5-12,14H,3-4,13H2,1-2H3,(H,21,22)/t14-/m1/s1. The van der Waals surface area contributed by atoms with Crippen LogP contribution in [0.25, 0.3) is 0 Å². The van der Waals surface area contributed by atoms with Crippen LogP contribution in [0.5, 0.6) is 5.75 Å². The van der Waals surface area contributed by atoms with E-state index < -0.39 is 0 Å². The minimum atomic E-state index is -0.132. The highest BCUT2D eigenvalue weighted by Gasteiger charge is 2.13. The van der Waals surface area contributed by atoms with Crippen molar-refractivity contribution in [3.8, 4) is 5.75 Å². The average molecular weight is 364 g/mol. The first kappa shape index (κ1) is 18.7. The van der Waals surface area contributed by atoms with Crippen LogP contribution in [-0.2, 0) is 11.2 Å². The molecular formula is C19H22ClNO2S. The van der Waals surface area contributed by atoms with Crippen molar-refractivity contribution >= 4 is 29.3 Å². The van der Waals surface area contributed by atoms with Crippen molar-refractivity contribution in [3.05, 3.63) is 59.1 Å². The molecule has 0 saturated heterocycles. The Morgan fingerprint density at radius 3 is 2.46 bits per heavy atom. The summed E-state index contributed by atoms with van der Waals surface area (Å²) in [5, 5.41) is 3.57. The fraction of sp³-hybridized carbons (Fsp3) is 0.316. The van der Waals surface area contributed by atoms with E-state index in [-0.39, 0.29) is 11.2 Å². The molecule has 3 nitrogen and oxygen atoms in total. The molecule has 0 aliphatic carbocycles. The van der Waals surface area contributed by atoms with Crippen molar-refractivity contribution in [3.63, 3.8) is 0 Å². The lowest BCUT2D eigenvalue weighted by Gasteiger charge is -2.12. The summed E-state index contributed by atoms with van der Waals surface area (Å²) in [5.74, 6) is 0.921. The van der Waals surface area contributed by atoms with E-state index in [0.717, 1.165) is 23.5 Å². The summed E-state index contributed by atoms with van der Waals surface area (Å²) in [5.41, 5.74) is 1.24. The number of halogens is 1. The predicted octanol–water partition coefficient (Wildman–Crippen LogP) is 4.58. The Hall–Kier alpha value is -1.65. The van der Waals surface area contributed by atoms with Crippen molar-refractivity contribution in [2.24, 2.45) is 0 Å². The van der Waals surface area contributed by atoms with E-state index >= 15 is 0 Å². The van der Waals surface area contributed by atoms with Crippen molar-refractivity contribution in [2.45, 2.75) is 29.9 Å². The van der Waals surface area contributed by atoms with E-state index in [0.29, 0.717) is 11.6 Å². The number of rotatable bonds is 8. The van der Waals surface area contributed by atoms with Gasteiger partial charge in [0.05, 0.1) is 12.4 Å². The molecule has 0 bridgehead atoms. The van der Waals surface area contributed by atoms with Gasteiger partial charge in [0.1, 0.15) is 5.75 Å². The first-order valence-corrected chi connectivity index (χ1v) is 9.17. The van der Waals surface area contributed by atoms with Crippen molar-refractivity contribution in [2.75, 3.05) is 13.7 Å². The minimum absolute atomic E-state index is 0.0599. The quantitative estimate of drug-likeness (QED) is 0.551. The second-order valence-electron chi connectivity index (χ2n) is 5.46. The number of carbonyl (C=O) groups excluding carboxylic acids is 1. The van der Waals surface area contributed by atoms with Gasteiger partial charge in [-0.1, -0.05) is 23.7 Å². The SMILES string of the molecule is COc1ccc(CCCNC(=O)[C@@H](C)Sc2ccc(Cl)cc2)cc1. The van der Waals surface area contributed by atoms with Crippen molar-refractivity contribution in [1.82, 2.24) is 5.32 Å². The molecule has 2 aromatic rings. The number of hydrogen-bond acceptors (Lipinski definition) is 3. The Morgan fingerprint density at radius 1 is 1.17 bits per heavy atom. The molecule has 0 aliphatic heterocycles. The Balaban J connectivity index is 1.69. The van der Waals surface area contributed by atoms with Crippen molar-refractivity contribution < 1.29 is 9.53 Å². The molecule has 0 fully saturated rings. The number of amides is 1. The Bertz CT molecular complexity index is 643. The summed E-state index contributed by atoms with van der Waals surface area (Å²) < 4.78 is 5.14. The van der Waals surface area contributed by atoms with Crippen LogP contribution in [-0.4, -0.2) is 24.8 Å². The van der Waals surface area contributed by atoms with Crippen LogP contribution in [0, 0.1) is 0 Å². The van der Waals surface area contributed by atoms with Gasteiger partial charge in [-0.25, -0.2) is 0 Å². The first-order chi connectivity index (χ1) is 11.6. The molecular weight excluding hydrogens is 342 g/mol. The maximum atomic E-state index is 12.1. The number of ether oxygens (including phenoxy) is 1. The average Bonchev–Trinajstić information content (AvgIpc) is 2.61. The van der Waals surface area contributed by atoms with E-state index in [1.54, 1.807) is 7.11 Å². The van der Waals surface area contributed by atoms with E-state index in [1.807, 2.05) is 43.3 Å². The van der Waals surface area contributed by atoms with Gasteiger partial charge in [0.15, 0.2) is 0 Å². The lowest BCUT2D eigenvalue weighted by Crippen LogP contribution is -2.31. The number of benzene rings is 2. The molecule has 128 valence electrons. The maximum absolute atomic E-state index is 12.1. The molecule has 5 heteroatoms. The predicted molar refractivity (Wildman–Crippen MR) is 101 cm³/mol. The van der Waals surface area contributed by atoms with Gasteiger partial charge in [-0.05, 0) is 61.7 Å². The lowest BCUT2D eigenvalue weighted by molar-refractivity contribution is -0.120. The molecule has 2 rings (SSSR count). The number of aryl methyl sites for hydroxylation is 1. The Morgan fingerprint density at radius 2 is 1.83 bits per heavy atom. The van der Waals surface area contributed by atoms with E-state index in [1.165, 1.54) is 17.3 Å². The summed E-state index contributed by atoms with van der Waals surface area (Å²) >= 11 is 7.40. The monoisotopic (exact) mass is 363 g/mol. The molecule has 1 N–H and O–H groups in total. The van der Waals surface area contributed by atoms with Gasteiger partial charge < -0.3 is 10.1 Å². The fourth-order valence-corrected chi connectivity index (χ4v) is 3.23. The molecule has 0 aromatic heterocycles. The van der Waals surface area contributed by atoms with Crippen LogP contribution in [0.15, 0.2) is 53.4 Å². The number of hydrogen-bond donors (Lipinski definition) is 1. The van der Waals surface area contributed by atoms with Gasteiger partial charge in [-0.15, -0.1) is 11.8 Å². The van der Waals surface area contributed by atoms with Crippen LogP contribution in [0.4, 0.5) is 0 Å². The molecule has 1 atom stereocenters. The molecule has 24 heavy (non-hydrogen) atoms. The highest BCUT2D eigenvalue weighted by atomic mass is 35.5. The lowest BCUT2D eigenvalue weighted by atomic mass is 10.1. The van der Waals surface area contributed by atoms with Crippen molar-refractivity contribution in [1.29, 1.82) is 0 Å². The smallest absolute Gasteiger partial charge is 0.233 e. The second-order valence-corrected chi connectivity index (χ2v) is 7.31. The molecule has 0 heterocycles. The maximum Gasteiger partial charge on any atom is 0.233 e. The van der Waals surface area contributed by atoms with Crippen LogP contribution in [0.1, 0.15) is 18.9 Å². The van der Waals surface area contributed by atoms with Crippen LogP contribution < -0.4 is 10.1 Å². The van der Waals surface area contributed by atoms with E-state index in [9.17, 15) is 4.79 Å². The Kier molecular flexibility index (Phi) is 7.47. The zero-order chi connectivity index (χ0) is 17.4. The van der Waals surface area contributed by atoms with Gasteiger partial charge in [0.2, 0.25) is 5.91 Å². The molecule has 0 unspecified atom stereocenters. The molecule has 2 aromatic carbocycles. The van der Waals surface area contributed by atoms with Gasteiger partial charge in [0, 0.05) is 16.5 Å². The third kappa shape index (κ3) is 6.10. The van der Waals surface area contributed by atoms with Crippen LogP contribution in [0.3, 0.4) is 0 Å². The third-order valence-corrected chi connectivity index (χ3v) is 4.96. The highest BCUT2D eigenvalue weighted by molar-refractivity contribution is 8.00. The zero-order valence-corrected chi connectivity index (χ0v) is 15.5. The topological polar surface area (TPSA) is 38.3 Å². The van der Waals surface area contributed by atoms with Gasteiger partial charge in [-0.2, -0.15) is 0 Å². The summed E-state index contributed by atoms with van der Waals surface area (Å²) in [6.45, 7) is 2.59. The third-order valence-electron chi connectivity index (χ3n) is 3.60. The van der Waals surface area contributed by atoms with Gasteiger partial charge in [-0.3, -0.25) is 4.79 Å². The van der Waals surface area contributed by atoms with Gasteiger partial charge >= 0.3 is 0 Å². The molecule has 0 radical (unpaired) electrons. The van der Waals surface area contributed by atoms with Gasteiger partial charge in [0.25, 0.3) is 0 Å². The van der Waals surface area contributed by atoms with Crippen LogP contribution in [0.2, 0.25) is 5.02 Å². The number of carbonyl (C=O) groups is 1. The summed E-state index contributed by atoms with van der Waals surface area (Å²) in [4.78, 5) is 13.2. The molecule has 1 amide bonds. The fourth-order valence-electron chi connectivity index (χ4n) is 2.21. The summed E-state index contributed by atoms with van der Waals surface area (Å²) in [7, 11) is 1.66. The van der Waals surface area contributed by atoms with Crippen LogP contribution >= 0.6 is 23.4 Å². The summed E-state index contributed by atoms with van der Waals surface area (Å²) in [6, 6.07) is 15.6. The minimum Gasteiger partial charge on any atom is -0.497 e. The largest absolute Gasteiger partial charge is 0.497 e. The number of thioether (sulfide) groups is 1. The highest BCUT2D eigenvalue weighted by Crippen LogP contribution is 2.24.